The Labute approximate surface area is 120 Å². The van der Waals surface area contributed by atoms with Crippen LogP contribution in [-0.2, 0) is 6.54 Å². The molecule has 1 aliphatic rings. The molecule has 1 fully saturated rings. The van der Waals surface area contributed by atoms with Gasteiger partial charge in [-0.2, -0.15) is 0 Å². The van der Waals surface area contributed by atoms with Crippen LogP contribution in [-0.4, -0.2) is 28.8 Å². The molecule has 7 heteroatoms. The molecule has 1 heterocycles. The molecule has 0 aliphatic carbocycles. The van der Waals surface area contributed by atoms with Gasteiger partial charge < -0.3 is 10.5 Å². The fraction of sp³-hybridized carbons (Fsp3) is 0.462. The number of alkyl halides is 3. The molecule has 0 aromatic heterocycles. The molecule has 1 saturated heterocycles. The molecule has 1 aromatic carbocycles. The molecule has 20 heavy (non-hydrogen) atoms. The van der Waals surface area contributed by atoms with Crippen LogP contribution in [0, 0.1) is 0 Å². The van der Waals surface area contributed by atoms with E-state index in [0.29, 0.717) is 11.5 Å². The van der Waals surface area contributed by atoms with Gasteiger partial charge in [-0.25, -0.2) is 0 Å². The molecule has 0 radical (unpaired) electrons. The summed E-state index contributed by atoms with van der Waals surface area (Å²) in [6.45, 7) is 1.51. The minimum absolute atomic E-state index is 0.0797. The Morgan fingerprint density at radius 1 is 1.35 bits per heavy atom. The third kappa shape index (κ3) is 4.08. The quantitative estimate of drug-likeness (QED) is 0.868. The Kier molecular flexibility index (Phi) is 4.49. The Hall–Kier alpha value is -1.34. The lowest BCUT2D eigenvalue weighted by Crippen LogP contribution is -2.38. The highest BCUT2D eigenvalue weighted by Crippen LogP contribution is 2.24. The molecule has 2 rings (SSSR count). The summed E-state index contributed by atoms with van der Waals surface area (Å²) in [5.74, 6) is -0.214. The van der Waals surface area contributed by atoms with Gasteiger partial charge in [-0.15, -0.1) is 13.2 Å². The van der Waals surface area contributed by atoms with Crippen LogP contribution >= 0.6 is 12.2 Å². The number of hydrogen-bond acceptors (Lipinski definition) is 3. The molecule has 0 bridgehead atoms. The molecule has 0 amide bonds. The van der Waals surface area contributed by atoms with E-state index in [1.807, 2.05) is 0 Å². The van der Waals surface area contributed by atoms with Gasteiger partial charge in [-0.05, 0) is 37.1 Å². The van der Waals surface area contributed by atoms with Crippen molar-refractivity contribution >= 4 is 17.2 Å². The number of hydrogen-bond donors (Lipinski definition) is 1. The second-order valence-electron chi connectivity index (χ2n) is 4.72. The topological polar surface area (TPSA) is 38.5 Å². The standard InChI is InChI=1S/C13H15F3N2OS/c14-13(15,16)19-10-5-3-9(4-6-10)8-18-7-1-2-11(18)12(17)20/h3-6,11H,1-2,7-8H2,(H2,17,20). The number of nitrogens with zero attached hydrogens (tertiary/aromatic N) is 1. The molecular formula is C13H15F3N2OS. The summed E-state index contributed by atoms with van der Waals surface area (Å²) in [4.78, 5) is 2.61. The summed E-state index contributed by atoms with van der Waals surface area (Å²) in [6, 6.07) is 5.95. The number of nitrogens with two attached hydrogens (primary N) is 1. The van der Waals surface area contributed by atoms with E-state index in [0.717, 1.165) is 24.9 Å². The van der Waals surface area contributed by atoms with E-state index in [9.17, 15) is 13.2 Å². The molecule has 2 N–H and O–H groups in total. The minimum Gasteiger partial charge on any atom is -0.406 e. The predicted octanol–water partition coefficient (Wildman–Crippen LogP) is 2.84. The van der Waals surface area contributed by atoms with Gasteiger partial charge in [0.25, 0.3) is 0 Å². The lowest BCUT2D eigenvalue weighted by Gasteiger charge is -2.23. The first-order valence-electron chi connectivity index (χ1n) is 6.23. The van der Waals surface area contributed by atoms with Crippen molar-refractivity contribution in [3.63, 3.8) is 0 Å². The zero-order chi connectivity index (χ0) is 14.8. The van der Waals surface area contributed by atoms with Crippen LogP contribution in [0.15, 0.2) is 24.3 Å². The molecule has 1 atom stereocenters. The molecule has 0 spiro atoms. The number of halogens is 3. The first kappa shape index (κ1) is 15.1. The fourth-order valence-corrected chi connectivity index (χ4v) is 2.64. The highest BCUT2D eigenvalue weighted by atomic mass is 32.1. The van der Waals surface area contributed by atoms with Crippen LogP contribution < -0.4 is 10.5 Å². The van der Waals surface area contributed by atoms with Crippen LogP contribution in [0.5, 0.6) is 5.75 Å². The zero-order valence-electron chi connectivity index (χ0n) is 10.7. The van der Waals surface area contributed by atoms with Gasteiger partial charge in [-0.3, -0.25) is 4.90 Å². The maximum Gasteiger partial charge on any atom is 0.573 e. The molecule has 110 valence electrons. The van der Waals surface area contributed by atoms with Crippen LogP contribution in [0.3, 0.4) is 0 Å². The molecule has 1 aliphatic heterocycles. The SMILES string of the molecule is NC(=S)C1CCCN1Cc1ccc(OC(F)(F)F)cc1. The Morgan fingerprint density at radius 3 is 2.55 bits per heavy atom. The smallest absolute Gasteiger partial charge is 0.406 e. The van der Waals surface area contributed by atoms with E-state index in [-0.39, 0.29) is 11.8 Å². The maximum absolute atomic E-state index is 12.1. The number of benzene rings is 1. The van der Waals surface area contributed by atoms with Gasteiger partial charge in [0.2, 0.25) is 0 Å². The first-order chi connectivity index (χ1) is 9.35. The molecule has 1 unspecified atom stereocenters. The Balaban J connectivity index is 1.98. The van der Waals surface area contributed by atoms with Gasteiger partial charge in [0.05, 0.1) is 11.0 Å². The van der Waals surface area contributed by atoms with E-state index in [1.165, 1.54) is 12.1 Å². The summed E-state index contributed by atoms with van der Waals surface area (Å²) in [6.07, 6.45) is -2.70. The molecule has 0 saturated carbocycles. The average Bonchev–Trinajstić information content (AvgIpc) is 2.78. The van der Waals surface area contributed by atoms with E-state index in [4.69, 9.17) is 18.0 Å². The lowest BCUT2D eigenvalue weighted by atomic mass is 10.2. The normalized spacial score (nSPS) is 20.1. The van der Waals surface area contributed by atoms with Crippen molar-refractivity contribution < 1.29 is 17.9 Å². The number of likely N-dealkylation sites (tertiary alicyclic amines) is 1. The first-order valence-corrected chi connectivity index (χ1v) is 6.64. The van der Waals surface area contributed by atoms with Crippen molar-refractivity contribution in [1.82, 2.24) is 4.90 Å². The van der Waals surface area contributed by atoms with Crippen molar-refractivity contribution in [2.75, 3.05) is 6.54 Å². The van der Waals surface area contributed by atoms with Crippen molar-refractivity contribution in [3.05, 3.63) is 29.8 Å². The highest BCUT2D eigenvalue weighted by Gasteiger charge is 2.31. The summed E-state index contributed by atoms with van der Waals surface area (Å²) < 4.78 is 40.0. The zero-order valence-corrected chi connectivity index (χ0v) is 11.5. The van der Waals surface area contributed by atoms with Gasteiger partial charge in [-0.1, -0.05) is 24.4 Å². The van der Waals surface area contributed by atoms with Crippen molar-refractivity contribution in [2.24, 2.45) is 5.73 Å². The summed E-state index contributed by atoms with van der Waals surface area (Å²) in [5.41, 5.74) is 6.59. The van der Waals surface area contributed by atoms with Crippen LogP contribution in [0.4, 0.5) is 13.2 Å². The maximum atomic E-state index is 12.1. The minimum atomic E-state index is -4.66. The van der Waals surface area contributed by atoms with Crippen molar-refractivity contribution in [3.8, 4) is 5.75 Å². The summed E-state index contributed by atoms with van der Waals surface area (Å²) >= 11 is 5.02. The van der Waals surface area contributed by atoms with Crippen LogP contribution in [0.25, 0.3) is 0 Å². The van der Waals surface area contributed by atoms with Gasteiger partial charge >= 0.3 is 6.36 Å². The monoisotopic (exact) mass is 304 g/mol. The highest BCUT2D eigenvalue weighted by molar-refractivity contribution is 7.80. The second kappa shape index (κ2) is 5.97. The van der Waals surface area contributed by atoms with Crippen molar-refractivity contribution in [1.29, 1.82) is 0 Å². The predicted molar refractivity (Wildman–Crippen MR) is 73.3 cm³/mol. The van der Waals surface area contributed by atoms with E-state index < -0.39 is 6.36 Å². The van der Waals surface area contributed by atoms with Crippen LogP contribution in [0.1, 0.15) is 18.4 Å². The second-order valence-corrected chi connectivity index (χ2v) is 5.19. The molecule has 1 aromatic rings. The van der Waals surface area contributed by atoms with Gasteiger partial charge in [0.15, 0.2) is 0 Å². The van der Waals surface area contributed by atoms with E-state index in [2.05, 4.69) is 9.64 Å². The Bertz CT molecular complexity index is 475. The average molecular weight is 304 g/mol. The van der Waals surface area contributed by atoms with Crippen molar-refractivity contribution in [2.45, 2.75) is 31.8 Å². The van der Waals surface area contributed by atoms with Gasteiger partial charge in [0, 0.05) is 6.54 Å². The lowest BCUT2D eigenvalue weighted by molar-refractivity contribution is -0.274. The van der Waals surface area contributed by atoms with Crippen LogP contribution in [0.2, 0.25) is 0 Å². The number of rotatable bonds is 4. The largest absolute Gasteiger partial charge is 0.573 e. The third-order valence-corrected chi connectivity index (χ3v) is 3.51. The van der Waals surface area contributed by atoms with E-state index in [1.54, 1.807) is 12.1 Å². The third-order valence-electron chi connectivity index (χ3n) is 3.23. The number of ether oxygens (including phenoxy) is 1. The summed E-state index contributed by atoms with van der Waals surface area (Å²) in [5, 5.41) is 0. The molecule has 3 nitrogen and oxygen atoms in total. The van der Waals surface area contributed by atoms with Gasteiger partial charge in [0.1, 0.15) is 5.75 Å². The fourth-order valence-electron chi connectivity index (χ4n) is 2.37. The summed E-state index contributed by atoms with van der Waals surface area (Å²) in [7, 11) is 0. The Morgan fingerprint density at radius 2 is 2.00 bits per heavy atom. The van der Waals surface area contributed by atoms with E-state index >= 15 is 0 Å². The number of thiocarbonyl (C=S) groups is 1. The molecular weight excluding hydrogens is 289 g/mol.